The van der Waals surface area contributed by atoms with Crippen LogP contribution in [0.2, 0.25) is 0 Å². The fourth-order valence-electron chi connectivity index (χ4n) is 1.13. The van der Waals surface area contributed by atoms with Crippen LogP contribution in [0.4, 0.5) is 5.69 Å². The quantitative estimate of drug-likeness (QED) is 0.818. The van der Waals surface area contributed by atoms with Gasteiger partial charge in [-0.05, 0) is 24.3 Å². The molecule has 3 N–H and O–H groups in total. The van der Waals surface area contributed by atoms with Crippen molar-refractivity contribution in [3.8, 4) is 11.3 Å². The van der Waals surface area contributed by atoms with Crippen LogP contribution < -0.4 is 11.3 Å². The minimum Gasteiger partial charge on any atom is -0.391 e. The molecule has 0 aliphatic rings. The van der Waals surface area contributed by atoms with Crippen molar-refractivity contribution in [3.05, 3.63) is 39.1 Å². The molecule has 0 atom stereocenters. The largest absolute Gasteiger partial charge is 0.391 e. The molecule has 5 heteroatoms. The molecule has 0 amide bonds. The highest BCUT2D eigenvalue weighted by Gasteiger charge is 2.10. The van der Waals surface area contributed by atoms with Crippen molar-refractivity contribution in [2.24, 2.45) is 0 Å². The lowest BCUT2D eigenvalue weighted by atomic mass is 10.1. The Morgan fingerprint density at radius 1 is 1.29 bits per heavy atom. The number of aromatic nitrogens is 1. The first-order valence-corrected chi connectivity index (χ1v) is 4.70. The van der Waals surface area contributed by atoms with Gasteiger partial charge in [-0.1, -0.05) is 15.9 Å². The van der Waals surface area contributed by atoms with Gasteiger partial charge in [0.1, 0.15) is 5.69 Å². The van der Waals surface area contributed by atoms with Crippen molar-refractivity contribution in [3.63, 3.8) is 0 Å². The second-order valence-electron chi connectivity index (χ2n) is 2.78. The van der Waals surface area contributed by atoms with Crippen molar-refractivity contribution >= 4 is 21.6 Å². The minimum absolute atomic E-state index is 0.104. The SMILES string of the molecule is Nc1c(-c2ccc(Br)cc2)o[nH]c1=O. The maximum atomic E-state index is 11.0. The molecule has 0 bridgehead atoms. The summed E-state index contributed by atoms with van der Waals surface area (Å²) in [7, 11) is 0. The molecule has 14 heavy (non-hydrogen) atoms. The molecule has 4 nitrogen and oxygen atoms in total. The summed E-state index contributed by atoms with van der Waals surface area (Å²) in [5.41, 5.74) is 6.00. The summed E-state index contributed by atoms with van der Waals surface area (Å²) in [6.45, 7) is 0. The van der Waals surface area contributed by atoms with E-state index in [4.69, 9.17) is 10.3 Å². The third kappa shape index (κ3) is 1.46. The predicted molar refractivity (Wildman–Crippen MR) is 56.9 cm³/mol. The molecule has 2 rings (SSSR count). The van der Waals surface area contributed by atoms with Gasteiger partial charge in [-0.15, -0.1) is 0 Å². The lowest BCUT2D eigenvalue weighted by Crippen LogP contribution is -2.04. The van der Waals surface area contributed by atoms with Gasteiger partial charge in [0.25, 0.3) is 0 Å². The van der Waals surface area contributed by atoms with E-state index < -0.39 is 5.56 Å². The number of hydrogen-bond donors (Lipinski definition) is 2. The summed E-state index contributed by atoms with van der Waals surface area (Å²) >= 11 is 3.31. The fourth-order valence-corrected chi connectivity index (χ4v) is 1.39. The van der Waals surface area contributed by atoms with Gasteiger partial charge in [0.05, 0.1) is 0 Å². The summed E-state index contributed by atoms with van der Waals surface area (Å²) in [4.78, 5) is 11.0. The Bertz CT molecular complexity index is 498. The molecule has 0 aliphatic carbocycles. The highest BCUT2D eigenvalue weighted by molar-refractivity contribution is 9.10. The number of halogens is 1. The summed E-state index contributed by atoms with van der Waals surface area (Å²) in [6, 6.07) is 7.32. The van der Waals surface area contributed by atoms with Crippen molar-refractivity contribution in [1.29, 1.82) is 0 Å². The minimum atomic E-state index is -0.400. The highest BCUT2D eigenvalue weighted by atomic mass is 79.9. The first-order chi connectivity index (χ1) is 6.68. The Morgan fingerprint density at radius 2 is 1.93 bits per heavy atom. The number of benzene rings is 1. The number of aromatic amines is 1. The van der Waals surface area contributed by atoms with Gasteiger partial charge in [0.15, 0.2) is 5.76 Å². The van der Waals surface area contributed by atoms with Crippen LogP contribution in [0.25, 0.3) is 11.3 Å². The Balaban J connectivity index is 2.55. The fraction of sp³-hybridized carbons (Fsp3) is 0. The van der Waals surface area contributed by atoms with Crippen LogP contribution in [-0.4, -0.2) is 5.16 Å². The molecule has 0 unspecified atom stereocenters. The lowest BCUT2D eigenvalue weighted by molar-refractivity contribution is 0.426. The van der Waals surface area contributed by atoms with Crippen molar-refractivity contribution in [2.75, 3.05) is 5.73 Å². The maximum Gasteiger partial charge on any atom is 0.303 e. The van der Waals surface area contributed by atoms with Gasteiger partial charge in [0, 0.05) is 10.0 Å². The molecule has 0 saturated carbocycles. The third-order valence-electron chi connectivity index (χ3n) is 1.84. The average molecular weight is 255 g/mol. The van der Waals surface area contributed by atoms with E-state index >= 15 is 0 Å². The van der Waals surface area contributed by atoms with E-state index in [2.05, 4.69) is 21.1 Å². The third-order valence-corrected chi connectivity index (χ3v) is 2.37. The smallest absolute Gasteiger partial charge is 0.303 e. The van der Waals surface area contributed by atoms with Crippen molar-refractivity contribution in [1.82, 2.24) is 5.16 Å². The number of H-pyrrole nitrogens is 1. The van der Waals surface area contributed by atoms with E-state index in [-0.39, 0.29) is 5.69 Å². The van der Waals surface area contributed by atoms with Crippen molar-refractivity contribution in [2.45, 2.75) is 0 Å². The molecule has 0 spiro atoms. The molecule has 0 saturated heterocycles. The van der Waals surface area contributed by atoms with Gasteiger partial charge >= 0.3 is 5.56 Å². The molecule has 1 aromatic carbocycles. The number of nitrogen functional groups attached to an aromatic ring is 1. The number of nitrogens with one attached hydrogen (secondary N) is 1. The van der Waals surface area contributed by atoms with E-state index in [9.17, 15) is 4.79 Å². The van der Waals surface area contributed by atoms with E-state index in [1.54, 1.807) is 0 Å². The van der Waals surface area contributed by atoms with E-state index in [0.29, 0.717) is 5.76 Å². The van der Waals surface area contributed by atoms with Crippen LogP contribution in [-0.2, 0) is 0 Å². The topological polar surface area (TPSA) is 72.0 Å². The summed E-state index contributed by atoms with van der Waals surface area (Å²) in [5.74, 6) is 0.377. The van der Waals surface area contributed by atoms with Crippen LogP contribution in [0.5, 0.6) is 0 Å². The van der Waals surface area contributed by atoms with Gasteiger partial charge in [0.2, 0.25) is 0 Å². The first-order valence-electron chi connectivity index (χ1n) is 3.91. The van der Waals surface area contributed by atoms with Gasteiger partial charge in [-0.25, -0.2) is 0 Å². The Hall–Kier alpha value is -1.49. The van der Waals surface area contributed by atoms with Crippen LogP contribution in [0.15, 0.2) is 38.1 Å². The standard InChI is InChI=1S/C9H7BrN2O2/c10-6-3-1-5(2-4-6)8-7(11)9(13)12-14-8/h1-4H,11H2,(H,12,13). The molecule has 0 fully saturated rings. The van der Waals surface area contributed by atoms with Crippen LogP contribution in [0, 0.1) is 0 Å². The second kappa shape index (κ2) is 3.34. The zero-order valence-electron chi connectivity index (χ0n) is 7.08. The van der Waals surface area contributed by atoms with Crippen molar-refractivity contribution < 1.29 is 4.52 Å². The molecule has 0 radical (unpaired) electrons. The maximum absolute atomic E-state index is 11.0. The van der Waals surface area contributed by atoms with Gasteiger partial charge in [-0.3, -0.25) is 4.79 Å². The average Bonchev–Trinajstić information content (AvgIpc) is 2.50. The zero-order valence-corrected chi connectivity index (χ0v) is 8.67. The zero-order chi connectivity index (χ0) is 10.1. The molecule has 72 valence electrons. The Morgan fingerprint density at radius 3 is 2.43 bits per heavy atom. The number of anilines is 1. The lowest BCUT2D eigenvalue weighted by Gasteiger charge is -1.96. The van der Waals surface area contributed by atoms with Gasteiger partial charge in [-0.2, -0.15) is 5.16 Å². The highest BCUT2D eigenvalue weighted by Crippen LogP contribution is 2.24. The summed E-state index contributed by atoms with van der Waals surface area (Å²) < 4.78 is 5.90. The van der Waals surface area contributed by atoms with Crippen LogP contribution in [0.1, 0.15) is 0 Å². The Labute approximate surface area is 87.8 Å². The molecule has 0 aliphatic heterocycles. The molecule has 1 heterocycles. The summed E-state index contributed by atoms with van der Waals surface area (Å²) in [6.07, 6.45) is 0. The van der Waals surface area contributed by atoms with E-state index in [1.807, 2.05) is 24.3 Å². The van der Waals surface area contributed by atoms with E-state index in [1.165, 1.54) is 0 Å². The molecule has 2 aromatic rings. The number of nitrogens with two attached hydrogens (primary N) is 1. The number of hydrogen-bond acceptors (Lipinski definition) is 3. The van der Waals surface area contributed by atoms with Crippen LogP contribution >= 0.6 is 15.9 Å². The van der Waals surface area contributed by atoms with Crippen LogP contribution in [0.3, 0.4) is 0 Å². The predicted octanol–water partition coefficient (Wildman–Crippen LogP) is 1.98. The summed E-state index contributed by atoms with van der Waals surface area (Å²) in [5, 5.41) is 2.18. The first kappa shape index (κ1) is 9.08. The Kier molecular flexibility index (Phi) is 2.17. The van der Waals surface area contributed by atoms with E-state index in [0.717, 1.165) is 10.0 Å². The molecular weight excluding hydrogens is 248 g/mol. The monoisotopic (exact) mass is 254 g/mol. The molecular formula is C9H7BrN2O2. The van der Waals surface area contributed by atoms with Gasteiger partial charge < -0.3 is 10.3 Å². The second-order valence-corrected chi connectivity index (χ2v) is 3.70. The molecule has 1 aromatic heterocycles. The normalized spacial score (nSPS) is 10.4. The number of rotatable bonds is 1.